The van der Waals surface area contributed by atoms with Crippen LogP contribution in [0.15, 0.2) is 30.4 Å². The standard InChI is InChI=1S/C25H38N2OS/c1-5-20-8-10-23-24(17-20)29-25(26-23)11-9-22(21-12-14-28-15-13-21)16-19(4)18-27(6-2)7-3/h8,10,17,21-22H,4-7,9,11-16,18H2,1-3H3. The third-order valence-electron chi connectivity index (χ3n) is 6.46. The molecular formula is C25H38N2OS. The minimum atomic E-state index is 0.695. The number of rotatable bonds is 11. The molecule has 1 atom stereocenters. The minimum Gasteiger partial charge on any atom is -0.381 e. The zero-order chi connectivity index (χ0) is 20.6. The Balaban J connectivity index is 1.65. The average Bonchev–Trinajstić information content (AvgIpc) is 3.17. The normalized spacial score (nSPS) is 16.6. The van der Waals surface area contributed by atoms with E-state index in [-0.39, 0.29) is 0 Å². The van der Waals surface area contributed by atoms with Crippen molar-refractivity contribution in [2.45, 2.75) is 59.3 Å². The van der Waals surface area contributed by atoms with Gasteiger partial charge in [0, 0.05) is 19.8 Å². The summed E-state index contributed by atoms with van der Waals surface area (Å²) in [6.07, 6.45) is 6.92. The van der Waals surface area contributed by atoms with E-state index in [0.717, 1.165) is 63.5 Å². The van der Waals surface area contributed by atoms with Gasteiger partial charge in [-0.3, -0.25) is 4.90 Å². The zero-order valence-electron chi connectivity index (χ0n) is 18.6. The van der Waals surface area contributed by atoms with Crippen LogP contribution in [-0.4, -0.2) is 42.7 Å². The van der Waals surface area contributed by atoms with Crippen molar-refractivity contribution >= 4 is 21.6 Å². The van der Waals surface area contributed by atoms with Gasteiger partial charge in [-0.2, -0.15) is 0 Å². The summed E-state index contributed by atoms with van der Waals surface area (Å²) in [6, 6.07) is 6.72. The quantitative estimate of drug-likeness (QED) is 0.414. The van der Waals surface area contributed by atoms with Gasteiger partial charge in [-0.25, -0.2) is 4.98 Å². The molecule has 1 aliphatic rings. The lowest BCUT2D eigenvalue weighted by atomic mass is 9.79. The molecule has 160 valence electrons. The Labute approximate surface area is 181 Å². The number of nitrogens with zero attached hydrogens (tertiary/aromatic N) is 2. The van der Waals surface area contributed by atoms with Gasteiger partial charge in [0.15, 0.2) is 0 Å². The highest BCUT2D eigenvalue weighted by molar-refractivity contribution is 7.18. The summed E-state index contributed by atoms with van der Waals surface area (Å²) in [5.74, 6) is 1.46. The van der Waals surface area contributed by atoms with Crippen LogP contribution in [0.1, 0.15) is 57.0 Å². The summed E-state index contributed by atoms with van der Waals surface area (Å²) in [5, 5.41) is 1.29. The number of aryl methyl sites for hydroxylation is 2. The highest BCUT2D eigenvalue weighted by atomic mass is 32.1. The monoisotopic (exact) mass is 414 g/mol. The molecule has 1 aromatic carbocycles. The van der Waals surface area contributed by atoms with Crippen molar-refractivity contribution in [3.8, 4) is 0 Å². The lowest BCUT2D eigenvalue weighted by Gasteiger charge is -2.31. The Bertz CT molecular complexity index is 774. The molecule has 1 saturated heterocycles. The Kier molecular flexibility index (Phi) is 8.70. The lowest BCUT2D eigenvalue weighted by Crippen LogP contribution is -2.28. The van der Waals surface area contributed by atoms with Crippen LogP contribution in [-0.2, 0) is 17.6 Å². The van der Waals surface area contributed by atoms with E-state index in [1.165, 1.54) is 40.1 Å². The van der Waals surface area contributed by atoms with E-state index in [1.807, 2.05) is 11.3 Å². The molecular weight excluding hydrogens is 376 g/mol. The number of hydrogen-bond donors (Lipinski definition) is 0. The SMILES string of the molecule is C=C(CC(CCc1nc2ccc(CC)cc2s1)C1CCOCC1)CN(CC)CC. The summed E-state index contributed by atoms with van der Waals surface area (Å²) in [4.78, 5) is 7.40. The van der Waals surface area contributed by atoms with Crippen molar-refractivity contribution in [2.75, 3.05) is 32.8 Å². The van der Waals surface area contributed by atoms with Gasteiger partial charge in [-0.15, -0.1) is 11.3 Å². The Morgan fingerprint density at radius 1 is 1.24 bits per heavy atom. The fraction of sp³-hybridized carbons (Fsp3) is 0.640. The topological polar surface area (TPSA) is 25.4 Å². The first-order valence-electron chi connectivity index (χ1n) is 11.5. The molecule has 0 bridgehead atoms. The Hall–Kier alpha value is -1.23. The molecule has 29 heavy (non-hydrogen) atoms. The van der Waals surface area contributed by atoms with Crippen molar-refractivity contribution in [1.29, 1.82) is 0 Å². The van der Waals surface area contributed by atoms with Crippen LogP contribution in [0.4, 0.5) is 0 Å². The number of aromatic nitrogens is 1. The summed E-state index contributed by atoms with van der Waals surface area (Å²) in [6.45, 7) is 16.2. The fourth-order valence-electron chi connectivity index (χ4n) is 4.54. The van der Waals surface area contributed by atoms with E-state index < -0.39 is 0 Å². The molecule has 3 nitrogen and oxygen atoms in total. The second kappa shape index (κ2) is 11.2. The maximum Gasteiger partial charge on any atom is 0.0938 e. The van der Waals surface area contributed by atoms with E-state index >= 15 is 0 Å². The summed E-state index contributed by atoms with van der Waals surface area (Å²) >= 11 is 1.89. The van der Waals surface area contributed by atoms with Crippen molar-refractivity contribution in [1.82, 2.24) is 9.88 Å². The predicted molar refractivity (Wildman–Crippen MR) is 126 cm³/mol. The molecule has 2 heterocycles. The van der Waals surface area contributed by atoms with Crippen LogP contribution >= 0.6 is 11.3 Å². The van der Waals surface area contributed by atoms with Gasteiger partial charge in [0.25, 0.3) is 0 Å². The summed E-state index contributed by atoms with van der Waals surface area (Å²) < 4.78 is 6.98. The molecule has 1 fully saturated rings. The first kappa shape index (κ1) is 22.5. The predicted octanol–water partition coefficient (Wildman–Crippen LogP) is 6.12. The van der Waals surface area contributed by atoms with Crippen LogP contribution in [0.5, 0.6) is 0 Å². The second-order valence-electron chi connectivity index (χ2n) is 8.43. The molecule has 4 heteroatoms. The molecule has 0 saturated carbocycles. The van der Waals surface area contributed by atoms with Crippen molar-refractivity contribution in [3.05, 3.63) is 40.9 Å². The number of likely N-dealkylation sites (N-methyl/N-ethyl adjacent to an activating group) is 1. The molecule has 2 aromatic rings. The molecule has 1 unspecified atom stereocenters. The Morgan fingerprint density at radius 3 is 2.69 bits per heavy atom. The van der Waals surface area contributed by atoms with Crippen LogP contribution in [0, 0.1) is 11.8 Å². The summed E-state index contributed by atoms with van der Waals surface area (Å²) in [5.41, 5.74) is 3.96. The molecule has 0 amide bonds. The number of fused-ring (bicyclic) bond motifs is 1. The lowest BCUT2D eigenvalue weighted by molar-refractivity contribution is 0.0447. The van der Waals surface area contributed by atoms with Gasteiger partial charge in [-0.1, -0.05) is 39.0 Å². The number of ether oxygens (including phenoxy) is 1. The van der Waals surface area contributed by atoms with Gasteiger partial charge in [0.2, 0.25) is 0 Å². The van der Waals surface area contributed by atoms with Crippen LogP contribution in [0.25, 0.3) is 10.2 Å². The number of benzene rings is 1. The molecule has 0 spiro atoms. The third-order valence-corrected chi connectivity index (χ3v) is 7.54. The summed E-state index contributed by atoms with van der Waals surface area (Å²) in [7, 11) is 0. The van der Waals surface area contributed by atoms with Crippen molar-refractivity contribution in [2.24, 2.45) is 11.8 Å². The first-order chi connectivity index (χ1) is 14.1. The van der Waals surface area contributed by atoms with E-state index in [9.17, 15) is 0 Å². The molecule has 1 aromatic heterocycles. The third kappa shape index (κ3) is 6.37. The smallest absolute Gasteiger partial charge is 0.0938 e. The highest BCUT2D eigenvalue weighted by Crippen LogP contribution is 2.33. The fourth-order valence-corrected chi connectivity index (χ4v) is 5.59. The average molecular weight is 415 g/mol. The number of hydrogen-bond acceptors (Lipinski definition) is 4. The molecule has 1 aliphatic heterocycles. The van der Waals surface area contributed by atoms with Crippen LogP contribution in [0.3, 0.4) is 0 Å². The van der Waals surface area contributed by atoms with Gasteiger partial charge < -0.3 is 4.74 Å². The van der Waals surface area contributed by atoms with Gasteiger partial charge >= 0.3 is 0 Å². The van der Waals surface area contributed by atoms with Crippen molar-refractivity contribution in [3.63, 3.8) is 0 Å². The second-order valence-corrected chi connectivity index (χ2v) is 9.54. The van der Waals surface area contributed by atoms with Crippen LogP contribution < -0.4 is 0 Å². The first-order valence-corrected chi connectivity index (χ1v) is 12.3. The van der Waals surface area contributed by atoms with E-state index in [0.29, 0.717) is 5.92 Å². The maximum absolute atomic E-state index is 5.64. The van der Waals surface area contributed by atoms with Gasteiger partial charge in [0.1, 0.15) is 0 Å². The highest BCUT2D eigenvalue weighted by Gasteiger charge is 2.25. The molecule has 0 N–H and O–H groups in total. The van der Waals surface area contributed by atoms with Crippen LogP contribution in [0.2, 0.25) is 0 Å². The van der Waals surface area contributed by atoms with E-state index in [1.54, 1.807) is 0 Å². The van der Waals surface area contributed by atoms with Gasteiger partial charge in [0.05, 0.1) is 15.2 Å². The zero-order valence-corrected chi connectivity index (χ0v) is 19.4. The van der Waals surface area contributed by atoms with Crippen molar-refractivity contribution < 1.29 is 4.74 Å². The number of thiazole rings is 1. The maximum atomic E-state index is 5.64. The minimum absolute atomic E-state index is 0.695. The largest absolute Gasteiger partial charge is 0.381 e. The Morgan fingerprint density at radius 2 is 2.00 bits per heavy atom. The van der Waals surface area contributed by atoms with E-state index in [4.69, 9.17) is 9.72 Å². The molecule has 0 aliphatic carbocycles. The molecule has 3 rings (SSSR count). The van der Waals surface area contributed by atoms with Gasteiger partial charge in [-0.05, 0) is 81.1 Å². The van der Waals surface area contributed by atoms with E-state index in [2.05, 4.69) is 50.4 Å². The molecule has 0 radical (unpaired) electrons.